The van der Waals surface area contributed by atoms with Gasteiger partial charge in [0.2, 0.25) is 5.91 Å². The Bertz CT molecular complexity index is 478. The third-order valence-electron chi connectivity index (χ3n) is 3.85. The van der Waals surface area contributed by atoms with Crippen molar-refractivity contribution in [2.45, 2.75) is 51.7 Å². The third-order valence-corrected chi connectivity index (χ3v) is 3.85. The maximum Gasteiger partial charge on any atom is 0.407 e. The predicted octanol–water partition coefficient (Wildman–Crippen LogP) is 0.162. The molecule has 2 atom stereocenters. The summed E-state index contributed by atoms with van der Waals surface area (Å²) in [5, 5.41) is 2.78. The van der Waals surface area contributed by atoms with Crippen LogP contribution in [0.4, 0.5) is 4.79 Å². The first-order valence-corrected chi connectivity index (χ1v) is 7.70. The zero-order chi connectivity index (χ0) is 17.8. The summed E-state index contributed by atoms with van der Waals surface area (Å²) >= 11 is 0. The molecule has 0 aromatic carbocycles. The van der Waals surface area contributed by atoms with Gasteiger partial charge in [0.25, 0.3) is 0 Å². The Hall–Kier alpha value is -1.57. The Morgan fingerprint density at radius 3 is 2.48 bits per heavy atom. The summed E-state index contributed by atoms with van der Waals surface area (Å²) in [6.07, 6.45) is 1.09. The fourth-order valence-corrected chi connectivity index (χ4v) is 3.01. The maximum atomic E-state index is 11.9. The van der Waals surface area contributed by atoms with Crippen molar-refractivity contribution in [3.8, 4) is 0 Å². The second-order valence-corrected chi connectivity index (χ2v) is 7.37. The molecule has 7 nitrogen and oxygen atoms in total. The number of carbonyl (C=O) groups is 3. The van der Waals surface area contributed by atoms with Crippen molar-refractivity contribution in [3.05, 3.63) is 0 Å². The zero-order valence-corrected chi connectivity index (χ0v) is 14.3. The molecule has 2 amide bonds. The van der Waals surface area contributed by atoms with Crippen LogP contribution in [0.5, 0.6) is 0 Å². The van der Waals surface area contributed by atoms with Crippen LogP contribution in [-0.2, 0) is 14.3 Å². The van der Waals surface area contributed by atoms with Gasteiger partial charge in [-0.05, 0) is 47.1 Å². The van der Waals surface area contributed by atoms with Crippen LogP contribution in [0, 0.1) is 5.41 Å². The first kappa shape index (κ1) is 19.5. The molecule has 1 unspecified atom stereocenters. The van der Waals surface area contributed by atoms with Crippen LogP contribution in [0.25, 0.3) is 0 Å². The van der Waals surface area contributed by atoms with Crippen molar-refractivity contribution in [2.24, 2.45) is 11.1 Å². The van der Waals surface area contributed by atoms with Gasteiger partial charge < -0.3 is 20.6 Å². The zero-order valence-electron chi connectivity index (χ0n) is 14.3. The highest BCUT2D eigenvalue weighted by atomic mass is 16.6. The van der Waals surface area contributed by atoms with E-state index in [1.807, 2.05) is 0 Å². The molecule has 0 spiro atoms. The quantitative estimate of drug-likeness (QED) is 0.678. The van der Waals surface area contributed by atoms with E-state index in [-0.39, 0.29) is 12.6 Å². The minimum atomic E-state index is -0.774. The molecule has 1 aliphatic carbocycles. The number of amides is 2. The summed E-state index contributed by atoms with van der Waals surface area (Å²) in [7, 11) is 6.88. The molecule has 1 aliphatic rings. The topological polar surface area (TPSA) is 102 Å². The van der Waals surface area contributed by atoms with Crippen molar-refractivity contribution in [3.63, 3.8) is 0 Å². The van der Waals surface area contributed by atoms with Crippen LogP contribution in [0.15, 0.2) is 0 Å². The number of rotatable bonds is 6. The lowest BCUT2D eigenvalue weighted by atomic mass is 9.84. The second kappa shape index (κ2) is 7.34. The van der Waals surface area contributed by atoms with Gasteiger partial charge in [-0.3, -0.25) is 9.69 Å². The molecule has 0 heterocycles. The normalized spacial score (nSPS) is 24.5. The number of nitrogens with two attached hydrogens (primary N) is 1. The van der Waals surface area contributed by atoms with Crippen LogP contribution in [0.2, 0.25) is 0 Å². The smallest absolute Gasteiger partial charge is 0.407 e. The number of hydrogen-bond acceptors (Lipinski definition) is 5. The van der Waals surface area contributed by atoms with Gasteiger partial charge in [0, 0.05) is 19.1 Å². The molecule has 8 heteroatoms. The van der Waals surface area contributed by atoms with Crippen LogP contribution in [0.3, 0.4) is 0 Å². The van der Waals surface area contributed by atoms with Gasteiger partial charge in [0.05, 0.1) is 11.1 Å². The third kappa shape index (κ3) is 6.21. The fraction of sp³-hybridized carbons (Fsp3) is 0.800. The van der Waals surface area contributed by atoms with Gasteiger partial charge in [-0.1, -0.05) is 0 Å². The molecule has 128 valence electrons. The fourth-order valence-electron chi connectivity index (χ4n) is 3.01. The predicted molar refractivity (Wildman–Crippen MR) is 86.9 cm³/mol. The van der Waals surface area contributed by atoms with E-state index < -0.39 is 28.7 Å². The SMILES string of the molecule is [B]C(=O)CN(C)C[C@]1(C(N)=O)CCC(NC(=O)OC(C)(C)C)C1. The first-order chi connectivity index (χ1) is 10.4. The van der Waals surface area contributed by atoms with E-state index in [1.54, 1.807) is 32.7 Å². The highest BCUT2D eigenvalue weighted by Gasteiger charge is 2.45. The standard InChI is InChI=1S/C15H26BN3O4/c1-14(2,3)23-13(22)18-10-5-6-15(7-10,12(17)21)9-19(4)8-11(16)20/h10H,5-9H2,1-4H3,(H2,17,21)(H,18,22)/t10?,15-/m0/s1. The second-order valence-electron chi connectivity index (χ2n) is 7.37. The Morgan fingerprint density at radius 2 is 2.00 bits per heavy atom. The molecule has 0 aromatic heterocycles. The molecule has 2 radical (unpaired) electrons. The summed E-state index contributed by atoms with van der Waals surface area (Å²) in [4.78, 5) is 36.5. The lowest BCUT2D eigenvalue weighted by Gasteiger charge is -2.30. The number of nitrogens with zero attached hydrogens (tertiary/aromatic N) is 1. The largest absolute Gasteiger partial charge is 0.444 e. The van der Waals surface area contributed by atoms with E-state index in [9.17, 15) is 14.4 Å². The molecule has 1 fully saturated rings. The van der Waals surface area contributed by atoms with Crippen LogP contribution >= 0.6 is 0 Å². The highest BCUT2D eigenvalue weighted by Crippen LogP contribution is 2.38. The summed E-state index contributed by atoms with van der Waals surface area (Å²) in [5.74, 6) is -0.428. The molecule has 0 saturated heterocycles. The van der Waals surface area contributed by atoms with E-state index in [2.05, 4.69) is 5.32 Å². The van der Waals surface area contributed by atoms with Gasteiger partial charge in [-0.25, -0.2) is 4.79 Å². The number of alkyl carbamates (subject to hydrolysis) is 1. The Kier molecular flexibility index (Phi) is 6.21. The minimum absolute atomic E-state index is 0.0548. The monoisotopic (exact) mass is 323 g/mol. The van der Waals surface area contributed by atoms with Gasteiger partial charge >= 0.3 is 6.09 Å². The Balaban J connectivity index is 2.66. The van der Waals surface area contributed by atoms with Crippen molar-refractivity contribution in [1.29, 1.82) is 0 Å². The van der Waals surface area contributed by atoms with E-state index in [1.165, 1.54) is 0 Å². The van der Waals surface area contributed by atoms with Crippen molar-refractivity contribution >= 4 is 25.5 Å². The molecule has 0 bridgehead atoms. The lowest BCUT2D eigenvalue weighted by molar-refractivity contribution is -0.129. The highest BCUT2D eigenvalue weighted by molar-refractivity contribution is 6.58. The number of carbonyl (C=O) groups excluding carboxylic acids is 3. The number of primary amides is 1. The number of likely N-dealkylation sites (N-methyl/N-ethyl adjacent to an activating group) is 1. The maximum absolute atomic E-state index is 11.9. The summed E-state index contributed by atoms with van der Waals surface area (Å²) in [5.41, 5.74) is 3.76. The molecule has 1 saturated carbocycles. The summed E-state index contributed by atoms with van der Waals surface area (Å²) < 4.78 is 5.22. The van der Waals surface area contributed by atoms with Crippen molar-refractivity contribution < 1.29 is 19.1 Å². The van der Waals surface area contributed by atoms with Gasteiger partial charge in [-0.2, -0.15) is 0 Å². The van der Waals surface area contributed by atoms with E-state index in [0.717, 1.165) is 0 Å². The molecular weight excluding hydrogens is 297 g/mol. The van der Waals surface area contributed by atoms with E-state index in [0.29, 0.717) is 25.8 Å². The van der Waals surface area contributed by atoms with Crippen molar-refractivity contribution in [2.75, 3.05) is 20.1 Å². The van der Waals surface area contributed by atoms with Gasteiger partial charge in [0.15, 0.2) is 7.85 Å². The van der Waals surface area contributed by atoms with Crippen LogP contribution < -0.4 is 11.1 Å². The van der Waals surface area contributed by atoms with E-state index >= 15 is 0 Å². The number of hydrogen-bond donors (Lipinski definition) is 2. The number of nitrogens with one attached hydrogen (secondary N) is 1. The lowest BCUT2D eigenvalue weighted by Crippen LogP contribution is -2.46. The number of ether oxygens (including phenoxy) is 1. The van der Waals surface area contributed by atoms with Gasteiger partial charge in [0.1, 0.15) is 5.60 Å². The molecule has 0 aliphatic heterocycles. The van der Waals surface area contributed by atoms with Crippen LogP contribution in [0.1, 0.15) is 40.0 Å². The van der Waals surface area contributed by atoms with Gasteiger partial charge in [-0.15, -0.1) is 0 Å². The Labute approximate surface area is 138 Å². The van der Waals surface area contributed by atoms with Crippen LogP contribution in [-0.4, -0.2) is 62.2 Å². The van der Waals surface area contributed by atoms with Crippen molar-refractivity contribution in [1.82, 2.24) is 10.2 Å². The Morgan fingerprint density at radius 1 is 1.39 bits per heavy atom. The average molecular weight is 323 g/mol. The average Bonchev–Trinajstić information content (AvgIpc) is 2.69. The summed E-state index contributed by atoms with van der Waals surface area (Å²) in [6.45, 7) is 5.74. The molecule has 0 aromatic rings. The molecule has 23 heavy (non-hydrogen) atoms. The minimum Gasteiger partial charge on any atom is -0.444 e. The molecule has 3 N–H and O–H groups in total. The summed E-state index contributed by atoms with van der Waals surface area (Å²) in [6, 6.07) is -0.181. The molecular formula is C15H26BN3O4. The first-order valence-electron chi connectivity index (χ1n) is 7.70. The van der Waals surface area contributed by atoms with E-state index in [4.69, 9.17) is 18.3 Å². The molecule has 1 rings (SSSR count).